The maximum absolute atomic E-state index is 11.3. The number of ether oxygens (including phenoxy) is 1. The quantitative estimate of drug-likeness (QED) is 0.370. The molecule has 8 heteroatoms. The van der Waals surface area contributed by atoms with Crippen LogP contribution in [0.2, 0.25) is 0 Å². The van der Waals surface area contributed by atoms with Crippen molar-refractivity contribution in [2.45, 2.75) is 13.0 Å². The first-order valence-electron chi connectivity index (χ1n) is 5.74. The molecule has 0 aliphatic heterocycles. The van der Waals surface area contributed by atoms with Crippen LogP contribution in [0.3, 0.4) is 0 Å². The van der Waals surface area contributed by atoms with E-state index in [4.69, 9.17) is 10.6 Å². The lowest BCUT2D eigenvalue weighted by Crippen LogP contribution is -2.40. The van der Waals surface area contributed by atoms with Gasteiger partial charge in [0.1, 0.15) is 11.3 Å². The number of carbonyl (C=O) groups is 1. The summed E-state index contributed by atoms with van der Waals surface area (Å²) in [6.45, 7) is 1.51. The summed E-state index contributed by atoms with van der Waals surface area (Å²) >= 11 is 0. The Morgan fingerprint density at radius 1 is 1.50 bits per heavy atom. The number of nitrogens with zero attached hydrogens (tertiary/aromatic N) is 2. The molecule has 0 spiro atoms. The second-order valence-electron chi connectivity index (χ2n) is 4.01. The van der Waals surface area contributed by atoms with Crippen LogP contribution in [0, 0.1) is 10.1 Å². The summed E-state index contributed by atoms with van der Waals surface area (Å²) in [6.07, 6.45) is 0.652. The number of non-ortho nitro benzene ring substituents is 1. The van der Waals surface area contributed by atoms with Crippen molar-refractivity contribution in [1.29, 1.82) is 0 Å². The minimum absolute atomic E-state index is 0.0728. The summed E-state index contributed by atoms with van der Waals surface area (Å²) < 4.78 is 5.44. The zero-order chi connectivity index (χ0) is 14.7. The van der Waals surface area contributed by atoms with Crippen molar-refractivity contribution in [3.8, 4) is 5.75 Å². The van der Waals surface area contributed by atoms with E-state index in [0.717, 1.165) is 0 Å². The Labute approximate surface area is 113 Å². The summed E-state index contributed by atoms with van der Waals surface area (Å²) in [7, 11) is 0. The molecule has 0 fully saturated rings. The monoisotopic (exact) mass is 276 g/mol. The molecule has 104 valence electrons. The molecule has 1 aromatic heterocycles. The van der Waals surface area contributed by atoms with Crippen molar-refractivity contribution in [3.63, 3.8) is 0 Å². The molecule has 1 amide bonds. The summed E-state index contributed by atoms with van der Waals surface area (Å²) in [5.41, 5.74) is 2.22. The molecule has 0 saturated carbocycles. The van der Waals surface area contributed by atoms with Gasteiger partial charge in [-0.15, -0.1) is 0 Å². The number of carbonyl (C=O) groups excluding carboxylic acids is 1. The highest BCUT2D eigenvalue weighted by Gasteiger charge is 2.19. The number of nitro benzene ring substituents is 1. The van der Waals surface area contributed by atoms with E-state index in [1.165, 1.54) is 25.3 Å². The fraction of sp³-hybridized carbons (Fsp3) is 0.167. The van der Waals surface area contributed by atoms with Gasteiger partial charge >= 0.3 is 0 Å². The molecule has 0 aliphatic rings. The third kappa shape index (κ3) is 2.50. The van der Waals surface area contributed by atoms with Crippen molar-refractivity contribution in [2.24, 2.45) is 5.84 Å². The zero-order valence-corrected chi connectivity index (χ0v) is 10.6. The van der Waals surface area contributed by atoms with Gasteiger partial charge < -0.3 is 4.74 Å². The van der Waals surface area contributed by atoms with Crippen molar-refractivity contribution >= 4 is 22.5 Å². The SMILES string of the molecule is CC(Oc1ccc([N+](=O)[O-])c2cccnc12)C(=O)NN. The van der Waals surface area contributed by atoms with Crippen LogP contribution in [0.15, 0.2) is 30.5 Å². The Hall–Kier alpha value is -2.74. The lowest BCUT2D eigenvalue weighted by atomic mass is 10.1. The number of hydrazine groups is 1. The Morgan fingerprint density at radius 2 is 2.25 bits per heavy atom. The first kappa shape index (κ1) is 13.7. The lowest BCUT2D eigenvalue weighted by Gasteiger charge is -2.14. The third-order valence-electron chi connectivity index (χ3n) is 2.72. The fourth-order valence-electron chi connectivity index (χ4n) is 1.75. The normalized spacial score (nSPS) is 11.9. The summed E-state index contributed by atoms with van der Waals surface area (Å²) in [5.74, 6) is 4.79. The standard InChI is InChI=1S/C12H12N4O4/c1-7(12(17)15-13)20-10-5-4-9(16(18)19)8-3-2-6-14-11(8)10/h2-7H,13H2,1H3,(H,15,17). The molecule has 2 rings (SSSR count). The number of hydrogen-bond acceptors (Lipinski definition) is 6. The van der Waals surface area contributed by atoms with Gasteiger partial charge in [-0.2, -0.15) is 0 Å². The minimum Gasteiger partial charge on any atom is -0.479 e. The smallest absolute Gasteiger partial charge is 0.279 e. The van der Waals surface area contributed by atoms with Gasteiger partial charge in [-0.3, -0.25) is 25.3 Å². The first-order chi connectivity index (χ1) is 9.54. The number of fused-ring (bicyclic) bond motifs is 1. The second kappa shape index (κ2) is 5.49. The third-order valence-corrected chi connectivity index (χ3v) is 2.72. The van der Waals surface area contributed by atoms with E-state index < -0.39 is 16.9 Å². The molecule has 20 heavy (non-hydrogen) atoms. The van der Waals surface area contributed by atoms with Gasteiger partial charge in [-0.05, 0) is 25.1 Å². The molecular formula is C12H12N4O4. The molecular weight excluding hydrogens is 264 g/mol. The Kier molecular flexibility index (Phi) is 3.76. The highest BCUT2D eigenvalue weighted by atomic mass is 16.6. The van der Waals surface area contributed by atoms with Crippen molar-refractivity contribution in [2.75, 3.05) is 0 Å². The number of hydrogen-bond donors (Lipinski definition) is 2. The van der Waals surface area contributed by atoms with Gasteiger partial charge in [0.2, 0.25) is 0 Å². The molecule has 8 nitrogen and oxygen atoms in total. The number of nitrogens with two attached hydrogens (primary N) is 1. The first-order valence-corrected chi connectivity index (χ1v) is 5.74. The molecule has 1 unspecified atom stereocenters. The van der Waals surface area contributed by atoms with Gasteiger partial charge in [0.05, 0.1) is 10.3 Å². The molecule has 1 heterocycles. The van der Waals surface area contributed by atoms with Gasteiger partial charge in [-0.25, -0.2) is 5.84 Å². The number of nitrogens with one attached hydrogen (secondary N) is 1. The van der Waals surface area contributed by atoms with E-state index in [-0.39, 0.29) is 11.4 Å². The predicted molar refractivity (Wildman–Crippen MR) is 70.8 cm³/mol. The van der Waals surface area contributed by atoms with E-state index in [9.17, 15) is 14.9 Å². The topological polar surface area (TPSA) is 120 Å². The van der Waals surface area contributed by atoms with E-state index >= 15 is 0 Å². The van der Waals surface area contributed by atoms with E-state index in [1.807, 2.05) is 5.43 Å². The maximum Gasteiger partial charge on any atom is 0.279 e. The second-order valence-corrected chi connectivity index (χ2v) is 4.01. The van der Waals surface area contributed by atoms with Crippen molar-refractivity contribution < 1.29 is 14.5 Å². The van der Waals surface area contributed by atoms with Crippen molar-refractivity contribution in [3.05, 3.63) is 40.6 Å². The van der Waals surface area contributed by atoms with E-state index in [0.29, 0.717) is 10.9 Å². The Bertz CT molecular complexity index is 674. The lowest BCUT2D eigenvalue weighted by molar-refractivity contribution is -0.383. The van der Waals surface area contributed by atoms with Crippen LogP contribution in [-0.4, -0.2) is 21.9 Å². The van der Waals surface area contributed by atoms with Crippen LogP contribution in [0.5, 0.6) is 5.75 Å². The number of rotatable bonds is 4. The van der Waals surface area contributed by atoms with E-state index in [1.54, 1.807) is 12.1 Å². The predicted octanol–water partition coefficient (Wildman–Crippen LogP) is 0.900. The number of aromatic nitrogens is 1. The van der Waals surface area contributed by atoms with Crippen LogP contribution in [0.1, 0.15) is 6.92 Å². The molecule has 0 radical (unpaired) electrons. The van der Waals surface area contributed by atoms with Crippen LogP contribution >= 0.6 is 0 Å². The van der Waals surface area contributed by atoms with E-state index in [2.05, 4.69) is 4.98 Å². The molecule has 1 atom stereocenters. The Balaban J connectivity index is 2.48. The Morgan fingerprint density at radius 3 is 2.90 bits per heavy atom. The van der Waals surface area contributed by atoms with Crippen molar-refractivity contribution in [1.82, 2.24) is 10.4 Å². The molecule has 0 aliphatic carbocycles. The molecule has 2 aromatic rings. The summed E-state index contributed by atoms with van der Waals surface area (Å²) in [6, 6.07) is 5.89. The fourth-order valence-corrected chi connectivity index (χ4v) is 1.75. The average Bonchev–Trinajstić information content (AvgIpc) is 2.46. The number of pyridine rings is 1. The largest absolute Gasteiger partial charge is 0.479 e. The van der Waals surface area contributed by atoms with Gasteiger partial charge in [-0.1, -0.05) is 0 Å². The molecule has 0 bridgehead atoms. The molecule has 3 N–H and O–H groups in total. The molecule has 0 saturated heterocycles. The average molecular weight is 276 g/mol. The van der Waals surface area contributed by atoms with Gasteiger partial charge in [0.25, 0.3) is 11.6 Å². The number of nitro groups is 1. The minimum atomic E-state index is -0.841. The maximum atomic E-state index is 11.3. The highest BCUT2D eigenvalue weighted by molar-refractivity contribution is 5.92. The van der Waals surface area contributed by atoms with Crippen LogP contribution in [0.25, 0.3) is 10.9 Å². The summed E-state index contributed by atoms with van der Waals surface area (Å²) in [5, 5.41) is 11.3. The van der Waals surface area contributed by atoms with Crippen LogP contribution in [0.4, 0.5) is 5.69 Å². The van der Waals surface area contributed by atoms with Gasteiger partial charge in [0, 0.05) is 12.3 Å². The zero-order valence-electron chi connectivity index (χ0n) is 10.6. The number of amides is 1. The molecule has 1 aromatic carbocycles. The van der Waals surface area contributed by atoms with Crippen LogP contribution < -0.4 is 16.0 Å². The summed E-state index contributed by atoms with van der Waals surface area (Å²) in [4.78, 5) is 25.9. The van der Waals surface area contributed by atoms with Crippen LogP contribution in [-0.2, 0) is 4.79 Å². The van der Waals surface area contributed by atoms with Gasteiger partial charge in [0.15, 0.2) is 6.10 Å². The number of benzene rings is 1. The highest BCUT2D eigenvalue weighted by Crippen LogP contribution is 2.31.